The molecule has 0 amide bonds. The van der Waals surface area contributed by atoms with Gasteiger partial charge in [0.25, 0.3) is 0 Å². The van der Waals surface area contributed by atoms with Gasteiger partial charge in [-0.1, -0.05) is 30.3 Å². The molecule has 6 nitrogen and oxygen atoms in total. The number of aliphatic hydroxyl groups is 2. The average molecular weight is 318 g/mol. The Bertz CT molecular complexity index is 602. The second kappa shape index (κ2) is 7.60. The Balaban J connectivity index is 2.37. The lowest BCUT2D eigenvalue weighted by atomic mass is 9.99. The van der Waals surface area contributed by atoms with E-state index in [2.05, 4.69) is 4.74 Å². The topological polar surface area (TPSA) is 68.6 Å². The number of nitrogens with zero attached hydrogens (tertiary/aromatic N) is 1. The molecule has 0 spiro atoms. The molecule has 1 aromatic carbocycles. The highest BCUT2D eigenvalue weighted by Crippen LogP contribution is 2.24. The molecule has 0 saturated heterocycles. The van der Waals surface area contributed by atoms with Gasteiger partial charge in [-0.25, -0.2) is 9.59 Å². The molecule has 122 valence electrons. The van der Waals surface area contributed by atoms with Crippen molar-refractivity contribution in [2.24, 2.45) is 0 Å². The molecule has 1 aliphatic rings. The lowest BCUT2D eigenvalue weighted by molar-refractivity contribution is -0.142. The highest BCUT2D eigenvalue weighted by molar-refractivity contribution is 5.97. The number of carbonyl (C=O) groups excluding carboxylic acids is 2. The molecule has 1 N–H and O–H groups in total. The Morgan fingerprint density at radius 3 is 2.00 bits per heavy atom. The monoisotopic (exact) mass is 318 g/mol. The Kier molecular flexibility index (Phi) is 5.54. The number of hydrogen-bond acceptors (Lipinski definition) is 5. The quantitative estimate of drug-likeness (QED) is 0.601. The first-order valence-corrected chi connectivity index (χ1v) is 7.09. The van der Waals surface area contributed by atoms with E-state index >= 15 is 0 Å². The summed E-state index contributed by atoms with van der Waals surface area (Å²) in [6.07, 6.45) is 2.62. The van der Waals surface area contributed by atoms with Crippen LogP contribution in [0.2, 0.25) is 0 Å². The van der Waals surface area contributed by atoms with Crippen molar-refractivity contribution in [3.8, 4) is 0 Å². The number of ether oxygens (including phenoxy) is 3. The molecule has 1 aliphatic heterocycles. The zero-order valence-corrected chi connectivity index (χ0v) is 13.4. The van der Waals surface area contributed by atoms with Crippen LogP contribution in [0.5, 0.6) is 0 Å². The summed E-state index contributed by atoms with van der Waals surface area (Å²) < 4.78 is 13.7. The van der Waals surface area contributed by atoms with Gasteiger partial charge in [0.2, 0.25) is 6.10 Å². The van der Waals surface area contributed by atoms with Gasteiger partial charge in [0, 0.05) is 18.9 Å². The van der Waals surface area contributed by atoms with Crippen LogP contribution in [0.3, 0.4) is 0 Å². The molecular weight excluding hydrogens is 298 g/mol. The van der Waals surface area contributed by atoms with E-state index in [1.807, 2.05) is 30.3 Å². The summed E-state index contributed by atoms with van der Waals surface area (Å²) in [5.41, 5.74) is 1.64. The first-order valence-electron chi connectivity index (χ1n) is 7.09. The standard InChI is InChI=1S/C17H19NO5/c1-21-15-13(16(19)22-2)10-18(11-14(15)17(20)23-3)9-12-7-5-4-6-8-12/h4-8,10-11,15H,9H2,1-3H3/p+1. The predicted octanol–water partition coefficient (Wildman–Crippen LogP) is 1.14. The molecule has 0 radical (unpaired) electrons. The highest BCUT2D eigenvalue weighted by atomic mass is 16.5. The summed E-state index contributed by atoms with van der Waals surface area (Å²) >= 11 is 0. The van der Waals surface area contributed by atoms with Gasteiger partial charge in [0.15, 0.2) is 0 Å². The van der Waals surface area contributed by atoms with E-state index in [0.29, 0.717) is 17.7 Å². The third-order valence-corrected chi connectivity index (χ3v) is 3.51. The van der Waals surface area contributed by atoms with Crippen LogP contribution >= 0.6 is 0 Å². The summed E-state index contributed by atoms with van der Waals surface area (Å²) in [5, 5.41) is 0. The Morgan fingerprint density at radius 1 is 1.04 bits per heavy atom. The van der Waals surface area contributed by atoms with Crippen molar-refractivity contribution in [1.82, 2.24) is 4.90 Å². The zero-order chi connectivity index (χ0) is 16.8. The molecule has 6 heteroatoms. The largest absolute Gasteiger partial charge is 0.465 e. The van der Waals surface area contributed by atoms with Crippen molar-refractivity contribution >= 4 is 11.9 Å². The summed E-state index contributed by atoms with van der Waals surface area (Å²) in [6, 6.07) is 9.72. The molecule has 1 heterocycles. The fraction of sp³-hybridized carbons (Fsp3) is 0.294. The zero-order valence-electron chi connectivity index (χ0n) is 13.4. The van der Waals surface area contributed by atoms with Crippen LogP contribution in [0, 0.1) is 0 Å². The maximum absolute atomic E-state index is 12.0. The number of methoxy groups -OCH3 is 2. The molecule has 0 saturated carbocycles. The van der Waals surface area contributed by atoms with Crippen LogP contribution in [0.1, 0.15) is 5.56 Å². The molecule has 0 aliphatic carbocycles. The Labute approximate surface area is 134 Å². The third-order valence-electron chi connectivity index (χ3n) is 3.51. The number of benzene rings is 1. The maximum atomic E-state index is 12.0. The summed E-state index contributed by atoms with van der Waals surface area (Å²) in [6.45, 7) is 0.512. The molecule has 0 bridgehead atoms. The number of hydrogen-bond donors (Lipinski definition) is 0. The molecule has 0 atom stereocenters. The first-order chi connectivity index (χ1) is 11.1. The molecule has 1 aromatic rings. The normalized spacial score (nSPS) is 14.8. The van der Waals surface area contributed by atoms with Crippen molar-refractivity contribution in [3.63, 3.8) is 0 Å². The van der Waals surface area contributed by atoms with Gasteiger partial charge in [-0.3, -0.25) is 0 Å². The molecule has 2 rings (SSSR count). The minimum absolute atomic E-state index is 0.300. The number of carbonyl (C=O) groups is 2. The van der Waals surface area contributed by atoms with Crippen LogP contribution < -0.4 is 0 Å². The lowest BCUT2D eigenvalue weighted by Gasteiger charge is -2.26. The van der Waals surface area contributed by atoms with Crippen LogP contribution in [-0.4, -0.2) is 49.0 Å². The van der Waals surface area contributed by atoms with E-state index < -0.39 is 18.0 Å². The molecule has 0 fully saturated rings. The maximum Gasteiger partial charge on any atom is 0.343 e. The number of esters is 2. The van der Waals surface area contributed by atoms with E-state index in [-0.39, 0.29) is 0 Å². The molecular formula is C17H20NO5+. The minimum Gasteiger partial charge on any atom is -0.465 e. The molecule has 0 unspecified atom stereocenters. The van der Waals surface area contributed by atoms with Gasteiger partial charge in [-0.05, 0) is 5.56 Å². The van der Waals surface area contributed by atoms with Crippen LogP contribution in [0.15, 0.2) is 53.9 Å². The van der Waals surface area contributed by atoms with Gasteiger partial charge < -0.3 is 19.1 Å². The fourth-order valence-corrected chi connectivity index (χ4v) is 2.43. The van der Waals surface area contributed by atoms with Crippen molar-refractivity contribution in [2.75, 3.05) is 21.3 Å². The predicted molar refractivity (Wildman–Crippen MR) is 84.1 cm³/mol. The average Bonchev–Trinajstić information content (AvgIpc) is 2.60. The minimum atomic E-state index is -0.693. The third kappa shape index (κ3) is 3.78. The van der Waals surface area contributed by atoms with E-state index in [9.17, 15) is 9.59 Å². The summed E-state index contributed by atoms with van der Waals surface area (Å²) in [7, 11) is 4.15. The van der Waals surface area contributed by atoms with E-state index in [0.717, 1.165) is 5.56 Å². The van der Waals surface area contributed by atoms with E-state index in [4.69, 9.17) is 9.47 Å². The lowest BCUT2D eigenvalue weighted by Crippen LogP contribution is -2.35. The second-order valence-corrected chi connectivity index (χ2v) is 4.97. The molecule has 23 heavy (non-hydrogen) atoms. The van der Waals surface area contributed by atoms with Gasteiger partial charge in [0.05, 0.1) is 14.2 Å². The van der Waals surface area contributed by atoms with Crippen LogP contribution in [0.4, 0.5) is 0 Å². The Hall–Kier alpha value is -2.60. The summed E-state index contributed by atoms with van der Waals surface area (Å²) in [4.78, 5) is 25.8. The van der Waals surface area contributed by atoms with Crippen molar-refractivity contribution in [3.05, 3.63) is 59.4 Å². The van der Waals surface area contributed by atoms with Gasteiger partial charge in [-0.2, -0.15) is 0 Å². The van der Waals surface area contributed by atoms with Crippen molar-refractivity contribution in [2.45, 2.75) is 12.6 Å². The highest BCUT2D eigenvalue weighted by Gasteiger charge is 2.38. The second-order valence-electron chi connectivity index (χ2n) is 4.97. The molecule has 0 aromatic heterocycles. The van der Waals surface area contributed by atoms with Crippen LogP contribution in [0.25, 0.3) is 0 Å². The van der Waals surface area contributed by atoms with E-state index in [1.54, 1.807) is 24.4 Å². The van der Waals surface area contributed by atoms with Gasteiger partial charge in [0.1, 0.15) is 18.3 Å². The first kappa shape index (κ1) is 16.8. The number of rotatable bonds is 5. The fourth-order valence-electron chi connectivity index (χ4n) is 2.43. The Morgan fingerprint density at radius 2 is 1.57 bits per heavy atom. The van der Waals surface area contributed by atoms with Crippen molar-refractivity contribution in [1.29, 1.82) is 0 Å². The summed E-state index contributed by atoms with van der Waals surface area (Å²) in [5.74, 6) is -1.04. The SMILES string of the molecule is COC(=O)C1=CN(Cc2ccccc2)C=C(C(=O)OC)C1[OH+]C. The van der Waals surface area contributed by atoms with E-state index in [1.165, 1.54) is 14.2 Å². The smallest absolute Gasteiger partial charge is 0.343 e. The van der Waals surface area contributed by atoms with Gasteiger partial charge >= 0.3 is 11.9 Å². The van der Waals surface area contributed by atoms with Crippen LogP contribution in [-0.2, 0) is 25.6 Å². The van der Waals surface area contributed by atoms with Crippen molar-refractivity contribution < 1.29 is 23.8 Å². The van der Waals surface area contributed by atoms with Gasteiger partial charge in [-0.15, -0.1) is 0 Å².